The van der Waals surface area contributed by atoms with Crippen molar-refractivity contribution >= 4 is 23.2 Å². The number of fused-ring (bicyclic) bond motifs is 2. The Labute approximate surface area is 196 Å². The molecule has 1 amide bonds. The number of aromatic nitrogens is 1. The lowest BCUT2D eigenvalue weighted by Gasteiger charge is -2.11. The largest absolute Gasteiger partial charge is 0.358 e. The lowest BCUT2D eigenvalue weighted by molar-refractivity contribution is -0.110. The van der Waals surface area contributed by atoms with Crippen LogP contribution in [0, 0.1) is 0 Å². The van der Waals surface area contributed by atoms with Crippen molar-refractivity contribution in [1.82, 2.24) is 9.88 Å². The number of nitrogens with zero attached hydrogens (tertiary/aromatic N) is 1. The van der Waals surface area contributed by atoms with Crippen LogP contribution in [0.5, 0.6) is 0 Å². The molecule has 2 N–H and O–H groups in total. The lowest BCUT2D eigenvalue weighted by atomic mass is 9.96. The summed E-state index contributed by atoms with van der Waals surface area (Å²) in [6.45, 7) is 1.07. The fraction of sp³-hybridized carbons (Fsp3) is 0.345. The van der Waals surface area contributed by atoms with Crippen molar-refractivity contribution in [2.24, 2.45) is 0 Å². The summed E-state index contributed by atoms with van der Waals surface area (Å²) < 4.78 is 0. The van der Waals surface area contributed by atoms with Gasteiger partial charge in [0, 0.05) is 22.6 Å². The number of aryl methyl sites for hydroxylation is 1. The topological polar surface area (TPSA) is 48.1 Å². The van der Waals surface area contributed by atoms with E-state index in [1.54, 1.807) is 0 Å². The monoisotopic (exact) mass is 439 g/mol. The van der Waals surface area contributed by atoms with Crippen LogP contribution in [0.15, 0.2) is 48.5 Å². The van der Waals surface area contributed by atoms with Gasteiger partial charge in [-0.3, -0.25) is 4.79 Å². The molecule has 0 spiro atoms. The molecule has 0 atom stereocenters. The van der Waals surface area contributed by atoms with E-state index >= 15 is 0 Å². The molecule has 0 saturated carbocycles. The van der Waals surface area contributed by atoms with Gasteiger partial charge in [0.1, 0.15) is 0 Å². The zero-order valence-electron chi connectivity index (χ0n) is 19.7. The summed E-state index contributed by atoms with van der Waals surface area (Å²) in [5, 5.41) is 3.07. The van der Waals surface area contributed by atoms with Crippen LogP contribution in [0.25, 0.3) is 22.8 Å². The summed E-state index contributed by atoms with van der Waals surface area (Å²) in [7, 11) is 4.26. The minimum atomic E-state index is -0.0146. The average Bonchev–Trinajstić information content (AvgIpc) is 3.19. The molecule has 33 heavy (non-hydrogen) atoms. The highest BCUT2D eigenvalue weighted by Gasteiger charge is 2.26. The van der Waals surface area contributed by atoms with Crippen molar-refractivity contribution in [3.63, 3.8) is 0 Å². The van der Waals surface area contributed by atoms with E-state index in [1.807, 2.05) is 12.1 Å². The quantitative estimate of drug-likeness (QED) is 0.369. The van der Waals surface area contributed by atoms with Gasteiger partial charge in [0.25, 0.3) is 5.91 Å². The van der Waals surface area contributed by atoms with E-state index in [0.29, 0.717) is 0 Å². The number of carbonyl (C=O) groups is 1. The first-order valence-electron chi connectivity index (χ1n) is 12.2. The Morgan fingerprint density at radius 2 is 1.79 bits per heavy atom. The van der Waals surface area contributed by atoms with Crippen LogP contribution < -0.4 is 5.32 Å². The number of hydrogen-bond donors (Lipinski definition) is 2. The van der Waals surface area contributed by atoms with Crippen molar-refractivity contribution in [1.29, 1.82) is 0 Å². The van der Waals surface area contributed by atoms with Crippen LogP contribution in [0.2, 0.25) is 0 Å². The van der Waals surface area contributed by atoms with Crippen LogP contribution in [0.1, 0.15) is 53.8 Å². The van der Waals surface area contributed by atoms with Gasteiger partial charge in [0.15, 0.2) is 0 Å². The average molecular weight is 440 g/mol. The van der Waals surface area contributed by atoms with Gasteiger partial charge in [-0.15, -0.1) is 0 Å². The molecule has 170 valence electrons. The SMILES string of the molecule is CN(C)CCCc1c(C=C2C(=O)Nc3ccc(-c4ccccc4)cc32)[nH]c2c1CCCCC2. The van der Waals surface area contributed by atoms with Gasteiger partial charge >= 0.3 is 0 Å². The van der Waals surface area contributed by atoms with Gasteiger partial charge in [-0.25, -0.2) is 0 Å². The van der Waals surface area contributed by atoms with Gasteiger partial charge < -0.3 is 15.2 Å². The first kappa shape index (κ1) is 21.7. The molecular formula is C29H33N3O. The van der Waals surface area contributed by atoms with Crippen molar-refractivity contribution in [2.45, 2.75) is 44.9 Å². The van der Waals surface area contributed by atoms with Crippen LogP contribution in [0.3, 0.4) is 0 Å². The standard InChI is InChI=1S/C29H33N3O/c1-32(2)17-9-13-23-22-12-7-4-8-14-26(22)30-28(23)19-25-24-18-21(20-10-5-3-6-11-20)15-16-27(24)31-29(25)33/h3,5-6,10-11,15-16,18-19,30H,4,7-9,12-14,17H2,1-2H3,(H,31,33). The van der Waals surface area contributed by atoms with Gasteiger partial charge in [-0.2, -0.15) is 0 Å². The van der Waals surface area contributed by atoms with E-state index in [2.05, 4.69) is 71.8 Å². The molecule has 0 fully saturated rings. The summed E-state index contributed by atoms with van der Waals surface area (Å²) in [6.07, 6.45) is 10.3. The Kier molecular flexibility index (Phi) is 6.19. The third-order valence-electron chi connectivity index (χ3n) is 6.92. The normalized spacial score (nSPS) is 16.6. The highest BCUT2D eigenvalue weighted by molar-refractivity contribution is 6.35. The Balaban J connectivity index is 1.55. The number of benzene rings is 2. The smallest absolute Gasteiger partial charge is 0.256 e. The number of amides is 1. The Bertz CT molecular complexity index is 1190. The molecule has 1 aliphatic carbocycles. The highest BCUT2D eigenvalue weighted by Crippen LogP contribution is 2.37. The van der Waals surface area contributed by atoms with Crippen molar-refractivity contribution in [2.75, 3.05) is 26.0 Å². The molecule has 3 aromatic rings. The van der Waals surface area contributed by atoms with Gasteiger partial charge in [-0.1, -0.05) is 42.8 Å². The zero-order chi connectivity index (χ0) is 22.8. The maximum atomic E-state index is 13.0. The highest BCUT2D eigenvalue weighted by atomic mass is 16.2. The molecule has 4 heteroatoms. The summed E-state index contributed by atoms with van der Waals surface area (Å²) in [5.41, 5.74) is 10.4. The number of hydrogen-bond acceptors (Lipinski definition) is 2. The third-order valence-corrected chi connectivity index (χ3v) is 6.92. The lowest BCUT2D eigenvalue weighted by Crippen LogP contribution is -2.13. The van der Waals surface area contributed by atoms with E-state index in [1.165, 1.54) is 36.1 Å². The van der Waals surface area contributed by atoms with Crippen LogP contribution in [-0.2, 0) is 24.1 Å². The Morgan fingerprint density at radius 1 is 0.970 bits per heavy atom. The van der Waals surface area contributed by atoms with Crippen LogP contribution >= 0.6 is 0 Å². The zero-order valence-corrected chi connectivity index (χ0v) is 19.7. The van der Waals surface area contributed by atoms with Crippen LogP contribution in [-0.4, -0.2) is 36.4 Å². The third kappa shape index (κ3) is 4.53. The number of nitrogens with one attached hydrogen (secondary N) is 2. The number of carbonyl (C=O) groups excluding carboxylic acids is 1. The molecule has 0 saturated heterocycles. The maximum Gasteiger partial charge on any atom is 0.256 e. The van der Waals surface area contributed by atoms with E-state index in [9.17, 15) is 4.79 Å². The number of rotatable bonds is 6. The number of anilines is 1. The molecule has 5 rings (SSSR count). The summed E-state index contributed by atoms with van der Waals surface area (Å²) in [6, 6.07) is 16.6. The second-order valence-electron chi connectivity index (χ2n) is 9.58. The Hall–Kier alpha value is -3.11. The molecule has 2 aromatic carbocycles. The van der Waals surface area contributed by atoms with Gasteiger partial charge in [0.2, 0.25) is 0 Å². The maximum absolute atomic E-state index is 13.0. The summed E-state index contributed by atoms with van der Waals surface area (Å²) in [4.78, 5) is 19.0. The molecule has 2 aliphatic rings. The first-order valence-corrected chi connectivity index (χ1v) is 12.2. The predicted octanol–water partition coefficient (Wildman–Crippen LogP) is 5.94. The fourth-order valence-electron chi connectivity index (χ4n) is 5.22. The number of H-pyrrole nitrogens is 1. The number of aromatic amines is 1. The second kappa shape index (κ2) is 9.40. The van der Waals surface area contributed by atoms with Crippen molar-refractivity contribution in [3.05, 3.63) is 76.6 Å². The fourth-order valence-corrected chi connectivity index (χ4v) is 5.22. The minimum absolute atomic E-state index is 0.0146. The molecule has 4 nitrogen and oxygen atoms in total. The van der Waals surface area contributed by atoms with E-state index in [4.69, 9.17) is 0 Å². The molecule has 0 bridgehead atoms. The van der Waals surface area contributed by atoms with E-state index in [-0.39, 0.29) is 5.91 Å². The van der Waals surface area contributed by atoms with Crippen molar-refractivity contribution in [3.8, 4) is 11.1 Å². The minimum Gasteiger partial charge on any atom is -0.358 e. The Morgan fingerprint density at radius 3 is 2.61 bits per heavy atom. The van der Waals surface area contributed by atoms with Gasteiger partial charge in [-0.05, 0) is 99.6 Å². The summed E-state index contributed by atoms with van der Waals surface area (Å²) >= 11 is 0. The molecule has 1 aromatic heterocycles. The molecule has 0 unspecified atom stereocenters. The second-order valence-corrected chi connectivity index (χ2v) is 9.58. The predicted molar refractivity (Wildman–Crippen MR) is 137 cm³/mol. The molecular weight excluding hydrogens is 406 g/mol. The summed E-state index contributed by atoms with van der Waals surface area (Å²) in [5.74, 6) is -0.0146. The van der Waals surface area contributed by atoms with E-state index in [0.717, 1.165) is 65.9 Å². The molecule has 0 radical (unpaired) electrons. The first-order chi connectivity index (χ1) is 16.1. The molecule has 2 heterocycles. The van der Waals surface area contributed by atoms with Crippen molar-refractivity contribution < 1.29 is 4.79 Å². The van der Waals surface area contributed by atoms with Gasteiger partial charge in [0.05, 0.1) is 5.57 Å². The van der Waals surface area contributed by atoms with Crippen LogP contribution in [0.4, 0.5) is 5.69 Å². The molecule has 1 aliphatic heterocycles. The van der Waals surface area contributed by atoms with E-state index < -0.39 is 0 Å².